The number of benzene rings is 2. The Hall–Kier alpha value is -2.94. The molecule has 0 aliphatic carbocycles. The number of rotatable bonds is 6. The number of carbonyl (C=O) groups is 2. The van der Waals surface area contributed by atoms with Gasteiger partial charge in [0.1, 0.15) is 0 Å². The quantitative estimate of drug-likeness (QED) is 0.506. The topological polar surface area (TPSA) is 116 Å². The van der Waals surface area contributed by atoms with Gasteiger partial charge in [0.05, 0.1) is 11.1 Å². The van der Waals surface area contributed by atoms with E-state index in [9.17, 15) is 48.7 Å². The summed E-state index contributed by atoms with van der Waals surface area (Å²) in [6.45, 7) is 0. The molecule has 0 radical (unpaired) electrons. The molecule has 7 nitrogen and oxygen atoms in total. The van der Waals surface area contributed by atoms with Crippen molar-refractivity contribution < 1.29 is 53.0 Å². The number of hydroxylamine groups is 1. The van der Waals surface area contributed by atoms with Crippen LogP contribution in [-0.2, 0) is 14.4 Å². The molecule has 0 saturated heterocycles. The number of halogens is 7. The Morgan fingerprint density at radius 3 is 2.03 bits per heavy atom. The first-order chi connectivity index (χ1) is 13.5. The van der Waals surface area contributed by atoms with Gasteiger partial charge in [0, 0.05) is 0 Å². The molecule has 0 aliphatic rings. The smallest absolute Gasteiger partial charge is 0.366 e. The molecule has 2 amide bonds. The first-order valence-corrected chi connectivity index (χ1v) is 8.82. The maximum absolute atomic E-state index is 13.4. The number of carbonyl (C=O) groups excluding carboxylic acids is 2. The van der Waals surface area contributed by atoms with Crippen molar-refractivity contribution in [1.29, 1.82) is 0 Å². The second kappa shape index (κ2) is 7.39. The molecule has 0 aliphatic heterocycles. The molecule has 30 heavy (non-hydrogen) atoms. The fraction of sp³-hybridized carbons (Fsp3) is 0.200. The van der Waals surface area contributed by atoms with Crippen LogP contribution in [0.3, 0.4) is 0 Å². The predicted octanol–water partition coefficient (Wildman–Crippen LogP) is 2.72. The number of hydrogen-bond acceptors (Lipinski definition) is 5. The molecule has 0 spiro atoms. The number of fused-ring (bicyclic) bond motifs is 1. The van der Waals surface area contributed by atoms with E-state index in [-0.39, 0.29) is 10.8 Å². The number of nitrogens with one attached hydrogen (secondary N) is 1. The summed E-state index contributed by atoms with van der Waals surface area (Å²) in [5.41, 5.74) is 4.68. The van der Waals surface area contributed by atoms with Crippen LogP contribution in [0.5, 0.6) is 0 Å². The van der Waals surface area contributed by atoms with E-state index in [4.69, 9.17) is 5.73 Å². The average molecular weight is 462 g/mol. The Bertz CT molecular complexity index is 1120. The molecule has 2 aromatic rings. The minimum Gasteiger partial charge on any atom is -0.366 e. The minimum atomic E-state index is -7.04. The molecule has 0 fully saturated rings. The summed E-state index contributed by atoms with van der Waals surface area (Å²) in [5, 5.41) is -6.57. The van der Waals surface area contributed by atoms with Crippen molar-refractivity contribution in [2.75, 3.05) is 0 Å². The van der Waals surface area contributed by atoms with E-state index in [2.05, 4.69) is 4.28 Å². The van der Waals surface area contributed by atoms with Gasteiger partial charge < -0.3 is 5.73 Å². The van der Waals surface area contributed by atoms with E-state index in [1.54, 1.807) is 0 Å². The lowest BCUT2D eigenvalue weighted by molar-refractivity contribution is -0.333. The highest BCUT2D eigenvalue weighted by atomic mass is 32.2. The lowest BCUT2D eigenvalue weighted by Crippen LogP contribution is -2.57. The molecule has 0 unspecified atom stereocenters. The first kappa shape index (κ1) is 23.3. The van der Waals surface area contributed by atoms with Crippen LogP contribution in [0.15, 0.2) is 36.4 Å². The summed E-state index contributed by atoms with van der Waals surface area (Å²) in [7, 11) is -7.04. The number of hydrogen-bond donors (Lipinski definition) is 2. The highest BCUT2D eigenvalue weighted by molar-refractivity contribution is 7.87. The van der Waals surface area contributed by atoms with E-state index in [1.807, 2.05) is 0 Å². The summed E-state index contributed by atoms with van der Waals surface area (Å²) in [5.74, 6) is -9.99. The van der Waals surface area contributed by atoms with Crippen LogP contribution in [0, 0.1) is 0 Å². The molecule has 3 N–H and O–H groups in total. The molecule has 0 bridgehead atoms. The van der Waals surface area contributed by atoms with E-state index < -0.39 is 50.4 Å². The van der Waals surface area contributed by atoms with Gasteiger partial charge in [-0.05, 0) is 16.8 Å². The fourth-order valence-electron chi connectivity index (χ4n) is 2.24. The fourth-order valence-corrected chi connectivity index (χ4v) is 2.96. The molecule has 0 heterocycles. The van der Waals surface area contributed by atoms with Gasteiger partial charge in [-0.15, -0.1) is 4.28 Å². The van der Waals surface area contributed by atoms with E-state index in [1.165, 1.54) is 30.3 Å². The SMILES string of the molecule is NC(=O)c1ccc2ccccc2c1C(=O)NOS(=O)(=O)C(F)(F)C(F)(F)C(F)(F)F. The van der Waals surface area contributed by atoms with Gasteiger partial charge in [-0.25, -0.2) is 5.48 Å². The average Bonchev–Trinajstić information content (AvgIpc) is 2.63. The zero-order chi connectivity index (χ0) is 23.1. The van der Waals surface area contributed by atoms with Crippen molar-refractivity contribution in [3.05, 3.63) is 47.5 Å². The Morgan fingerprint density at radius 2 is 1.50 bits per heavy atom. The molecule has 2 aromatic carbocycles. The van der Waals surface area contributed by atoms with Crippen molar-refractivity contribution >= 4 is 32.7 Å². The Morgan fingerprint density at radius 1 is 0.933 bits per heavy atom. The second-order valence-corrected chi connectivity index (χ2v) is 7.22. The third-order valence-electron chi connectivity index (χ3n) is 3.70. The lowest BCUT2D eigenvalue weighted by atomic mass is 9.98. The standard InChI is InChI=1S/C15H9F7N2O5S/c16-13(17,14(18,19)20)15(21,22)30(27,28)29-24-12(26)10-8-4-2-1-3-7(8)5-6-9(10)11(23)25/h1-6H,(H2,23,25)(H,24,26). The van der Waals surface area contributed by atoms with Crippen molar-refractivity contribution in [2.45, 2.75) is 17.4 Å². The van der Waals surface area contributed by atoms with Gasteiger partial charge in [-0.2, -0.15) is 39.2 Å². The molecule has 164 valence electrons. The Labute approximate surface area is 162 Å². The predicted molar refractivity (Wildman–Crippen MR) is 85.9 cm³/mol. The Kier molecular flexibility index (Phi) is 5.75. The molecule has 0 atom stereocenters. The van der Waals surface area contributed by atoms with Gasteiger partial charge in [-0.1, -0.05) is 30.3 Å². The van der Waals surface area contributed by atoms with Crippen LogP contribution in [-0.4, -0.2) is 37.6 Å². The maximum Gasteiger partial charge on any atom is 0.461 e. The van der Waals surface area contributed by atoms with Crippen molar-refractivity contribution in [1.82, 2.24) is 5.48 Å². The van der Waals surface area contributed by atoms with Crippen LogP contribution in [0.1, 0.15) is 20.7 Å². The van der Waals surface area contributed by atoms with Crippen LogP contribution < -0.4 is 11.2 Å². The van der Waals surface area contributed by atoms with Crippen molar-refractivity contribution in [2.24, 2.45) is 5.73 Å². The normalized spacial score (nSPS) is 13.3. The maximum atomic E-state index is 13.4. The van der Waals surface area contributed by atoms with Crippen molar-refractivity contribution in [3.63, 3.8) is 0 Å². The second-order valence-electron chi connectivity index (χ2n) is 5.63. The lowest BCUT2D eigenvalue weighted by Gasteiger charge is -2.26. The van der Waals surface area contributed by atoms with Crippen LogP contribution in [0.25, 0.3) is 10.8 Å². The van der Waals surface area contributed by atoms with E-state index in [0.717, 1.165) is 11.5 Å². The van der Waals surface area contributed by atoms with E-state index >= 15 is 0 Å². The molecule has 15 heteroatoms. The number of nitrogens with two attached hydrogens (primary N) is 1. The van der Waals surface area contributed by atoms with Gasteiger partial charge in [0.25, 0.3) is 5.91 Å². The number of primary amides is 1. The molecular weight excluding hydrogens is 453 g/mol. The summed E-state index contributed by atoms with van der Waals surface area (Å²) < 4.78 is 115. The zero-order valence-corrected chi connectivity index (χ0v) is 15.0. The minimum absolute atomic E-state index is 0.0559. The summed E-state index contributed by atoms with van der Waals surface area (Å²) >= 11 is 0. The third-order valence-corrected chi connectivity index (χ3v) is 4.89. The molecule has 0 saturated carbocycles. The number of amides is 2. The Balaban J connectivity index is 2.43. The molecule has 2 rings (SSSR count). The largest absolute Gasteiger partial charge is 0.461 e. The summed E-state index contributed by atoms with van der Waals surface area (Å²) in [4.78, 5) is 23.8. The van der Waals surface area contributed by atoms with Crippen LogP contribution in [0.4, 0.5) is 30.7 Å². The van der Waals surface area contributed by atoms with Gasteiger partial charge in [-0.3, -0.25) is 9.59 Å². The van der Waals surface area contributed by atoms with Crippen LogP contribution in [0.2, 0.25) is 0 Å². The third kappa shape index (κ3) is 3.77. The molecular formula is C15H9F7N2O5S. The van der Waals surface area contributed by atoms with E-state index in [0.29, 0.717) is 0 Å². The highest BCUT2D eigenvalue weighted by Gasteiger charge is 2.79. The summed E-state index contributed by atoms with van der Waals surface area (Å²) in [6.07, 6.45) is -6.95. The number of alkyl halides is 7. The van der Waals surface area contributed by atoms with Gasteiger partial charge in [0.15, 0.2) is 0 Å². The van der Waals surface area contributed by atoms with Gasteiger partial charge in [0.2, 0.25) is 5.91 Å². The van der Waals surface area contributed by atoms with Gasteiger partial charge >= 0.3 is 27.5 Å². The monoisotopic (exact) mass is 462 g/mol. The molecule has 0 aromatic heterocycles. The van der Waals surface area contributed by atoms with Crippen LogP contribution >= 0.6 is 0 Å². The highest BCUT2D eigenvalue weighted by Crippen LogP contribution is 2.49. The first-order valence-electron chi connectivity index (χ1n) is 7.42. The van der Waals surface area contributed by atoms with Crippen molar-refractivity contribution in [3.8, 4) is 0 Å². The zero-order valence-electron chi connectivity index (χ0n) is 14.1. The summed E-state index contributed by atoms with van der Waals surface area (Å²) in [6, 6.07) is 7.85.